The summed E-state index contributed by atoms with van der Waals surface area (Å²) in [6.07, 6.45) is -3.03. The molecular weight excluding hydrogens is 828 g/mol. The van der Waals surface area contributed by atoms with Crippen LogP contribution in [-0.2, 0) is 44.6 Å². The van der Waals surface area contributed by atoms with Crippen LogP contribution in [0.1, 0.15) is 95.8 Å². The van der Waals surface area contributed by atoms with E-state index < -0.39 is 96.2 Å². The predicted molar refractivity (Wildman–Crippen MR) is 222 cm³/mol. The van der Waals surface area contributed by atoms with Crippen LogP contribution in [0.2, 0.25) is 0 Å². The summed E-state index contributed by atoms with van der Waals surface area (Å²) in [7, 11) is 1.23. The van der Waals surface area contributed by atoms with Gasteiger partial charge in [-0.2, -0.15) is 0 Å². The number of phenols is 2. The molecule has 2 amide bonds. The van der Waals surface area contributed by atoms with Crippen LogP contribution < -0.4 is 32.9 Å². The van der Waals surface area contributed by atoms with Gasteiger partial charge in [-0.3, -0.25) is 34.0 Å². The second-order valence-electron chi connectivity index (χ2n) is 16.2. The van der Waals surface area contributed by atoms with Crippen molar-refractivity contribution < 1.29 is 63.6 Å². The largest absolute Gasteiger partial charge is 0.504 e. The highest BCUT2D eigenvalue weighted by molar-refractivity contribution is 5.92. The summed E-state index contributed by atoms with van der Waals surface area (Å²) in [5, 5.41) is 60.6. The van der Waals surface area contributed by atoms with Crippen molar-refractivity contribution in [1.82, 2.24) is 25.5 Å². The van der Waals surface area contributed by atoms with Crippen molar-refractivity contribution in [2.45, 2.75) is 158 Å². The molecule has 2 aromatic rings. The van der Waals surface area contributed by atoms with Crippen LogP contribution in [0.5, 0.6) is 11.5 Å². The molecule has 11 N–H and O–H groups in total. The molecule has 63 heavy (non-hydrogen) atoms. The number of carbonyl (C=O) groups is 3. The van der Waals surface area contributed by atoms with E-state index in [2.05, 4.69) is 20.9 Å². The number of ether oxygens (including phenoxy) is 5. The highest BCUT2D eigenvalue weighted by atomic mass is 16.7. The van der Waals surface area contributed by atoms with Gasteiger partial charge in [0.15, 0.2) is 35.7 Å². The number of aliphatic hydroxyl groups excluding tert-OH is 3. The van der Waals surface area contributed by atoms with Crippen molar-refractivity contribution >= 4 is 17.8 Å². The molecule has 1 unspecified atom stereocenters. The second kappa shape index (κ2) is 23.7. The number of nitrogens with zero attached hydrogens (tertiary/aromatic N) is 1. The molecule has 0 saturated carbocycles. The average Bonchev–Trinajstić information content (AvgIpc) is 3.49. The SMILES string of the molecule is CO[C@H]1[C@@H](OC(=O)CCCCCCCCCCNCc2cccc(O)c2O)[C@H](n2ccc(=O)[nH]c2=O)O[C@@H]1[C@@H](O[C@H]1OC(C(=O)N[C@H]2CCC[C@@H](C)NC2O)=C[C@H](O)[C@@H]1O)C(N)=O. The first-order valence-electron chi connectivity index (χ1n) is 21.5. The Bertz CT molecular complexity index is 1980. The number of rotatable bonds is 22. The molecule has 350 valence electrons. The molecule has 0 aliphatic carbocycles. The van der Waals surface area contributed by atoms with E-state index >= 15 is 0 Å². The zero-order valence-corrected chi connectivity index (χ0v) is 35.6. The van der Waals surface area contributed by atoms with Crippen LogP contribution in [0.4, 0.5) is 0 Å². The van der Waals surface area contributed by atoms with Gasteiger partial charge in [0.2, 0.25) is 12.2 Å². The maximum atomic E-state index is 13.3. The fourth-order valence-corrected chi connectivity index (χ4v) is 7.91. The lowest BCUT2D eigenvalue weighted by Crippen LogP contribution is -2.55. The number of nitrogens with one attached hydrogen (secondary N) is 4. The van der Waals surface area contributed by atoms with Gasteiger partial charge >= 0.3 is 11.7 Å². The van der Waals surface area contributed by atoms with Crippen LogP contribution in [-0.4, -0.2) is 128 Å². The van der Waals surface area contributed by atoms with E-state index in [4.69, 9.17) is 29.4 Å². The third kappa shape index (κ3) is 13.6. The number of aromatic hydroxyl groups is 2. The lowest BCUT2D eigenvalue weighted by Gasteiger charge is -2.35. The molecule has 1 aromatic carbocycles. The number of aliphatic hydroxyl groups is 3. The van der Waals surface area contributed by atoms with E-state index in [9.17, 15) is 49.5 Å². The third-order valence-corrected chi connectivity index (χ3v) is 11.4. The molecule has 3 aliphatic heterocycles. The Labute approximate surface area is 363 Å². The van der Waals surface area contributed by atoms with Crippen molar-refractivity contribution in [3.8, 4) is 11.5 Å². The number of aromatic nitrogens is 2. The van der Waals surface area contributed by atoms with Crippen LogP contribution in [0.25, 0.3) is 0 Å². The highest BCUT2D eigenvalue weighted by Gasteiger charge is 2.55. The van der Waals surface area contributed by atoms with E-state index in [1.54, 1.807) is 12.1 Å². The lowest BCUT2D eigenvalue weighted by atomic mass is 10.0. The maximum absolute atomic E-state index is 13.3. The summed E-state index contributed by atoms with van der Waals surface area (Å²) in [6, 6.07) is 5.20. The number of unbranched alkanes of at least 4 members (excludes halogenated alkanes) is 7. The first-order chi connectivity index (χ1) is 30.2. The number of benzene rings is 1. The number of aromatic amines is 1. The Morgan fingerprint density at radius 3 is 2.40 bits per heavy atom. The number of hydrogen-bond donors (Lipinski definition) is 10. The van der Waals surface area contributed by atoms with Crippen LogP contribution in [0.3, 0.4) is 0 Å². The van der Waals surface area contributed by atoms with E-state index in [0.29, 0.717) is 31.4 Å². The smallest absolute Gasteiger partial charge is 0.330 e. The van der Waals surface area contributed by atoms with Crippen LogP contribution >= 0.6 is 0 Å². The number of hydrogen-bond acceptors (Lipinski definition) is 17. The number of esters is 1. The van der Waals surface area contributed by atoms with Gasteiger partial charge in [-0.15, -0.1) is 0 Å². The van der Waals surface area contributed by atoms with Crippen molar-refractivity contribution in [2.24, 2.45) is 5.73 Å². The Morgan fingerprint density at radius 2 is 1.70 bits per heavy atom. The minimum Gasteiger partial charge on any atom is -0.504 e. The van der Waals surface area contributed by atoms with E-state index in [1.165, 1.54) is 13.2 Å². The fourth-order valence-electron chi connectivity index (χ4n) is 7.91. The number of nitrogens with two attached hydrogens (primary N) is 1. The Morgan fingerprint density at radius 1 is 0.984 bits per heavy atom. The molecule has 21 heteroatoms. The Balaban J connectivity index is 1.15. The van der Waals surface area contributed by atoms with Crippen molar-refractivity contribution in [2.75, 3.05) is 13.7 Å². The topological polar surface area (TPSA) is 315 Å². The average molecular weight is 891 g/mol. The van der Waals surface area contributed by atoms with Gasteiger partial charge in [0, 0.05) is 43.9 Å². The normalized spacial score (nSPS) is 27.7. The van der Waals surface area contributed by atoms with Crippen LogP contribution in [0, 0.1) is 0 Å². The summed E-state index contributed by atoms with van der Waals surface area (Å²) in [4.78, 5) is 66.6. The van der Waals surface area contributed by atoms with Gasteiger partial charge in [-0.1, -0.05) is 50.7 Å². The summed E-state index contributed by atoms with van der Waals surface area (Å²) in [6.45, 7) is 3.13. The molecule has 11 atom stereocenters. The third-order valence-electron chi connectivity index (χ3n) is 11.4. The first-order valence-corrected chi connectivity index (χ1v) is 21.5. The number of carbonyl (C=O) groups excluding carboxylic acids is 3. The zero-order chi connectivity index (χ0) is 45.6. The number of primary amides is 1. The van der Waals surface area contributed by atoms with Crippen molar-refractivity contribution in [1.29, 1.82) is 0 Å². The van der Waals surface area contributed by atoms with Crippen LogP contribution in [0.15, 0.2) is 51.9 Å². The Hall–Kier alpha value is -4.87. The standard InChI is InChI=1S/C42H62N6O15/c1-23-13-11-15-25(38(56)45-23)46-39(57)28-21-27(50)32(54)41(60-28)63-35(37(43)55)34-33(59-2)36(40(62-34)48-20-18-29(51)47-42(48)58)61-30(52)17-9-7-5-3-4-6-8-10-19-44-22-24-14-12-16-26(49)31(24)53/h12,14,16,18,20-21,23,25,27,32-36,38,40-41,44-45,49-50,53-54,56H,3-11,13,15,17,19,22H2,1-2H3,(H2,43,55)(H,46,57)(H,47,51,58)/t23-,25+,27+,32+,33-,34+,35-,36-,38?,40-,41-/m1/s1. The Kier molecular flexibility index (Phi) is 18.5. The summed E-state index contributed by atoms with van der Waals surface area (Å²) >= 11 is 0. The molecule has 5 rings (SSSR count). The molecule has 0 spiro atoms. The van der Waals surface area contributed by atoms with E-state index in [1.807, 2.05) is 6.92 Å². The number of methoxy groups -OCH3 is 1. The van der Waals surface area contributed by atoms with E-state index in [0.717, 1.165) is 80.8 Å². The van der Waals surface area contributed by atoms with Gasteiger partial charge < -0.3 is 65.6 Å². The number of para-hydroxylation sites is 1. The molecule has 0 radical (unpaired) electrons. The van der Waals surface area contributed by atoms with Crippen molar-refractivity contribution in [3.05, 3.63) is 68.7 Å². The minimum atomic E-state index is -1.88. The van der Waals surface area contributed by atoms with Gasteiger partial charge in [0.05, 0.1) is 6.04 Å². The number of amides is 2. The minimum absolute atomic E-state index is 0.00511. The van der Waals surface area contributed by atoms with Gasteiger partial charge in [-0.25, -0.2) is 4.79 Å². The zero-order valence-electron chi connectivity index (χ0n) is 35.6. The second-order valence-corrected chi connectivity index (χ2v) is 16.2. The quantitative estimate of drug-likeness (QED) is 0.0418. The monoisotopic (exact) mass is 890 g/mol. The van der Waals surface area contributed by atoms with Gasteiger partial charge in [0.25, 0.3) is 11.5 Å². The highest BCUT2D eigenvalue weighted by Crippen LogP contribution is 2.37. The van der Waals surface area contributed by atoms with Crippen molar-refractivity contribution in [3.63, 3.8) is 0 Å². The van der Waals surface area contributed by atoms with Gasteiger partial charge in [-0.05, 0) is 57.7 Å². The summed E-state index contributed by atoms with van der Waals surface area (Å²) < 4.78 is 30.1. The van der Waals surface area contributed by atoms with E-state index in [-0.39, 0.29) is 24.0 Å². The number of H-pyrrole nitrogens is 1. The van der Waals surface area contributed by atoms with Gasteiger partial charge in [0.1, 0.15) is 30.6 Å². The predicted octanol–water partition coefficient (Wildman–Crippen LogP) is -0.130. The molecule has 4 heterocycles. The molecule has 2 saturated heterocycles. The summed E-state index contributed by atoms with van der Waals surface area (Å²) in [5.74, 6) is -3.39. The fraction of sp³-hybridized carbons (Fsp3) is 0.643. The lowest BCUT2D eigenvalue weighted by molar-refractivity contribution is -0.241. The molecule has 0 bridgehead atoms. The molecular formula is C42H62N6O15. The molecule has 2 fully saturated rings. The molecule has 1 aromatic heterocycles. The maximum Gasteiger partial charge on any atom is 0.330 e. The molecule has 3 aliphatic rings. The summed E-state index contributed by atoms with van der Waals surface area (Å²) in [5.41, 5.74) is 4.78. The number of phenolic OH excluding ortho intramolecular Hbond substituents is 2. The molecule has 21 nitrogen and oxygen atoms in total. The first kappa shape index (κ1) is 49.2.